The summed E-state index contributed by atoms with van der Waals surface area (Å²) in [6.07, 6.45) is 11.7. The lowest BCUT2D eigenvalue weighted by molar-refractivity contribution is -0.213. The van der Waals surface area contributed by atoms with Gasteiger partial charge in [-0.15, -0.1) is 0 Å². The summed E-state index contributed by atoms with van der Waals surface area (Å²) in [4.78, 5) is 11.8. The Kier molecular flexibility index (Phi) is 4.84. The normalized spacial score (nSPS) is 44.2. The summed E-state index contributed by atoms with van der Waals surface area (Å²) in [7, 11) is 3.58. The molecule has 0 bridgehead atoms. The van der Waals surface area contributed by atoms with Crippen LogP contribution in [-0.4, -0.2) is 26.3 Å². The van der Waals surface area contributed by atoms with E-state index in [0.29, 0.717) is 5.92 Å². The molecule has 4 rings (SSSR count). The van der Waals surface area contributed by atoms with Gasteiger partial charge in [0.25, 0.3) is 0 Å². The Morgan fingerprint density at radius 3 is 2.58 bits per heavy atom. The third kappa shape index (κ3) is 2.57. The summed E-state index contributed by atoms with van der Waals surface area (Å²) in [5.74, 6) is 2.92. The molecular weight excluding hydrogens is 324 g/mol. The average molecular weight is 361 g/mol. The maximum absolute atomic E-state index is 11.8. The summed E-state index contributed by atoms with van der Waals surface area (Å²) in [6.45, 7) is 4.80. The van der Waals surface area contributed by atoms with Crippen molar-refractivity contribution in [3.63, 3.8) is 0 Å². The SMILES string of the molecule is CC[C@H]1C[C@]2(C)[C@H](C=O)CC[C@@H]2[C@@H]2CCC3=C(CCC(OC)(OC)C3)[C@@H]12. The molecule has 2 saturated carbocycles. The topological polar surface area (TPSA) is 35.5 Å². The van der Waals surface area contributed by atoms with E-state index in [-0.39, 0.29) is 5.41 Å². The van der Waals surface area contributed by atoms with Crippen LogP contribution in [0.25, 0.3) is 0 Å². The van der Waals surface area contributed by atoms with Crippen LogP contribution in [0.4, 0.5) is 0 Å². The summed E-state index contributed by atoms with van der Waals surface area (Å²) in [6, 6.07) is 0. The van der Waals surface area contributed by atoms with Crippen LogP contribution in [0.5, 0.6) is 0 Å². The molecule has 0 aromatic heterocycles. The van der Waals surface area contributed by atoms with Crippen molar-refractivity contribution in [2.75, 3.05) is 14.2 Å². The van der Waals surface area contributed by atoms with Gasteiger partial charge in [0, 0.05) is 33.0 Å². The van der Waals surface area contributed by atoms with E-state index in [1.54, 1.807) is 25.4 Å². The third-order valence-corrected chi connectivity index (χ3v) is 9.00. The number of aldehydes is 1. The molecule has 146 valence electrons. The zero-order chi connectivity index (χ0) is 18.5. The number of carbonyl (C=O) groups is 1. The minimum Gasteiger partial charge on any atom is -0.353 e. The largest absolute Gasteiger partial charge is 0.353 e. The van der Waals surface area contributed by atoms with Crippen LogP contribution < -0.4 is 0 Å². The van der Waals surface area contributed by atoms with E-state index in [2.05, 4.69) is 13.8 Å². The van der Waals surface area contributed by atoms with Gasteiger partial charge in [-0.2, -0.15) is 0 Å². The van der Waals surface area contributed by atoms with Crippen molar-refractivity contribution in [2.24, 2.45) is 35.0 Å². The van der Waals surface area contributed by atoms with Crippen molar-refractivity contribution < 1.29 is 14.3 Å². The van der Waals surface area contributed by atoms with Crippen molar-refractivity contribution in [1.29, 1.82) is 0 Å². The molecule has 0 spiro atoms. The summed E-state index contributed by atoms with van der Waals surface area (Å²) in [5, 5.41) is 0. The maximum Gasteiger partial charge on any atom is 0.171 e. The first-order valence-corrected chi connectivity index (χ1v) is 10.8. The smallest absolute Gasteiger partial charge is 0.171 e. The summed E-state index contributed by atoms with van der Waals surface area (Å²) in [5.41, 5.74) is 3.64. The molecule has 4 aliphatic carbocycles. The average Bonchev–Trinajstić information content (AvgIpc) is 3.02. The molecule has 4 aliphatic rings. The van der Waals surface area contributed by atoms with Crippen LogP contribution >= 0.6 is 0 Å². The molecule has 0 amide bonds. The van der Waals surface area contributed by atoms with Crippen molar-refractivity contribution in [2.45, 2.75) is 77.4 Å². The van der Waals surface area contributed by atoms with E-state index in [9.17, 15) is 4.79 Å². The molecule has 0 saturated heterocycles. The molecule has 0 N–H and O–H groups in total. The number of hydrogen-bond acceptors (Lipinski definition) is 3. The molecule has 2 fully saturated rings. The van der Waals surface area contributed by atoms with Crippen LogP contribution in [-0.2, 0) is 14.3 Å². The van der Waals surface area contributed by atoms with Gasteiger partial charge in [0.2, 0.25) is 0 Å². The Morgan fingerprint density at radius 2 is 1.92 bits per heavy atom. The Balaban J connectivity index is 1.68. The van der Waals surface area contributed by atoms with Crippen LogP contribution in [0.15, 0.2) is 11.1 Å². The molecular formula is C23H36O3. The molecule has 0 radical (unpaired) electrons. The number of rotatable bonds is 4. The van der Waals surface area contributed by atoms with E-state index >= 15 is 0 Å². The van der Waals surface area contributed by atoms with Crippen LogP contribution in [0, 0.1) is 35.0 Å². The second-order valence-corrected chi connectivity index (χ2v) is 9.66. The zero-order valence-electron chi connectivity index (χ0n) is 17.1. The molecule has 3 nitrogen and oxygen atoms in total. The molecule has 0 aliphatic heterocycles. The van der Waals surface area contributed by atoms with Gasteiger partial charge in [0.15, 0.2) is 5.79 Å². The van der Waals surface area contributed by atoms with E-state index in [0.717, 1.165) is 49.4 Å². The summed E-state index contributed by atoms with van der Waals surface area (Å²) < 4.78 is 11.6. The van der Waals surface area contributed by atoms with Gasteiger partial charge in [0.1, 0.15) is 6.29 Å². The maximum atomic E-state index is 11.8. The highest BCUT2D eigenvalue weighted by Gasteiger charge is 2.58. The van der Waals surface area contributed by atoms with Crippen LogP contribution in [0.3, 0.4) is 0 Å². The highest BCUT2D eigenvalue weighted by atomic mass is 16.7. The summed E-state index contributed by atoms with van der Waals surface area (Å²) >= 11 is 0. The van der Waals surface area contributed by atoms with Gasteiger partial charge >= 0.3 is 0 Å². The van der Waals surface area contributed by atoms with Crippen molar-refractivity contribution in [3.8, 4) is 0 Å². The zero-order valence-corrected chi connectivity index (χ0v) is 17.1. The number of fused-ring (bicyclic) bond motifs is 4. The first-order chi connectivity index (χ1) is 12.5. The Labute approximate surface area is 158 Å². The first-order valence-electron chi connectivity index (χ1n) is 10.8. The minimum atomic E-state index is -0.396. The van der Waals surface area contributed by atoms with Crippen LogP contribution in [0.1, 0.15) is 71.6 Å². The van der Waals surface area contributed by atoms with Crippen molar-refractivity contribution >= 4 is 6.29 Å². The quantitative estimate of drug-likeness (QED) is 0.395. The molecule has 0 aromatic rings. The fourth-order valence-corrected chi connectivity index (χ4v) is 7.59. The van der Waals surface area contributed by atoms with E-state index in [1.165, 1.54) is 38.4 Å². The Morgan fingerprint density at radius 1 is 1.15 bits per heavy atom. The monoisotopic (exact) mass is 360 g/mol. The number of hydrogen-bond donors (Lipinski definition) is 0. The van der Waals surface area contributed by atoms with Gasteiger partial charge in [0.05, 0.1) is 0 Å². The minimum absolute atomic E-state index is 0.249. The molecule has 0 heterocycles. The van der Waals surface area contributed by atoms with Crippen molar-refractivity contribution in [3.05, 3.63) is 11.1 Å². The van der Waals surface area contributed by atoms with Gasteiger partial charge in [-0.3, -0.25) is 0 Å². The van der Waals surface area contributed by atoms with Gasteiger partial charge in [-0.1, -0.05) is 31.4 Å². The molecule has 0 unspecified atom stereocenters. The number of allylic oxidation sites excluding steroid dienone is 1. The molecule has 26 heavy (non-hydrogen) atoms. The standard InChI is InChI=1S/C23H36O3/c1-5-15-12-22(2)17(14-24)7-9-20(22)19-8-6-16-13-23(25-3,26-4)11-10-18(16)21(15)19/h14-15,17,19-21H,5-13H2,1-4H3/t15-,17-,19-,20+,21+,22+/m0/s1. The van der Waals surface area contributed by atoms with E-state index in [4.69, 9.17) is 9.47 Å². The highest BCUT2D eigenvalue weighted by Crippen LogP contribution is 2.65. The lowest BCUT2D eigenvalue weighted by atomic mass is 9.49. The van der Waals surface area contributed by atoms with E-state index in [1.807, 2.05) is 0 Å². The van der Waals surface area contributed by atoms with Gasteiger partial charge < -0.3 is 14.3 Å². The van der Waals surface area contributed by atoms with Gasteiger partial charge in [-0.05, 0) is 67.6 Å². The highest BCUT2D eigenvalue weighted by molar-refractivity contribution is 5.56. The third-order valence-electron chi connectivity index (χ3n) is 9.00. The Hall–Kier alpha value is -0.670. The first kappa shape index (κ1) is 18.7. The molecule has 6 atom stereocenters. The van der Waals surface area contributed by atoms with Crippen molar-refractivity contribution in [1.82, 2.24) is 0 Å². The fraction of sp³-hybridized carbons (Fsp3) is 0.870. The number of carbonyl (C=O) groups excluding carboxylic acids is 1. The van der Waals surface area contributed by atoms with Crippen LogP contribution in [0.2, 0.25) is 0 Å². The Bertz CT molecular complexity index is 590. The predicted molar refractivity (Wildman–Crippen MR) is 103 cm³/mol. The number of ether oxygens (including phenoxy) is 2. The molecule has 0 aromatic carbocycles. The fourth-order valence-electron chi connectivity index (χ4n) is 7.59. The van der Waals surface area contributed by atoms with Gasteiger partial charge in [-0.25, -0.2) is 0 Å². The lowest BCUT2D eigenvalue weighted by Gasteiger charge is -2.56. The molecule has 3 heteroatoms. The van der Waals surface area contributed by atoms with E-state index < -0.39 is 5.79 Å². The second kappa shape index (κ2) is 6.74. The number of methoxy groups -OCH3 is 2. The lowest BCUT2D eigenvalue weighted by Crippen LogP contribution is -2.49. The second-order valence-electron chi connectivity index (χ2n) is 9.66. The predicted octanol–water partition coefficient (Wildman–Crippen LogP) is 5.14.